The number of piperidine rings is 1. The number of guanidine groups is 1. The Bertz CT molecular complexity index is 524. The summed E-state index contributed by atoms with van der Waals surface area (Å²) in [5, 5.41) is 6.59. The van der Waals surface area contributed by atoms with Crippen molar-refractivity contribution in [2.24, 2.45) is 10.9 Å². The van der Waals surface area contributed by atoms with E-state index >= 15 is 0 Å². The SMILES string of the molecule is CN=C(NCCCCN1CCC(C)CC1)NCCc1ccccc1F. The molecule has 0 aliphatic carbocycles. The Balaban J connectivity index is 1.54. The standard InChI is InChI=1S/C20H33FN4/c1-17-10-15-25(16-11-17)14-6-5-12-23-20(22-2)24-13-9-18-7-3-4-8-19(18)21/h3-4,7-8,17H,5-6,9-16H2,1-2H3,(H2,22,23,24). The van der Waals surface area contributed by atoms with Gasteiger partial charge < -0.3 is 15.5 Å². The van der Waals surface area contributed by atoms with Gasteiger partial charge in [0.2, 0.25) is 0 Å². The van der Waals surface area contributed by atoms with Crippen molar-refractivity contribution in [2.45, 2.75) is 39.0 Å². The van der Waals surface area contributed by atoms with Crippen LogP contribution in [0.25, 0.3) is 0 Å². The third kappa shape index (κ3) is 7.43. The molecule has 0 atom stereocenters. The second-order valence-electron chi connectivity index (χ2n) is 7.00. The number of hydrogen-bond acceptors (Lipinski definition) is 2. The van der Waals surface area contributed by atoms with E-state index in [0.717, 1.165) is 30.4 Å². The number of unbranched alkanes of at least 4 members (excludes halogenated alkanes) is 1. The van der Waals surface area contributed by atoms with E-state index in [4.69, 9.17) is 0 Å². The Morgan fingerprint density at radius 1 is 1.16 bits per heavy atom. The monoisotopic (exact) mass is 348 g/mol. The number of nitrogens with zero attached hydrogens (tertiary/aromatic N) is 2. The quantitative estimate of drug-likeness (QED) is 0.431. The first-order chi connectivity index (χ1) is 12.2. The number of hydrogen-bond donors (Lipinski definition) is 2. The van der Waals surface area contributed by atoms with Crippen LogP contribution in [0.3, 0.4) is 0 Å². The van der Waals surface area contributed by atoms with Crippen LogP contribution >= 0.6 is 0 Å². The van der Waals surface area contributed by atoms with E-state index in [0.29, 0.717) is 13.0 Å². The summed E-state index contributed by atoms with van der Waals surface area (Å²) in [5.41, 5.74) is 0.737. The molecule has 2 rings (SSSR count). The molecule has 1 aromatic carbocycles. The van der Waals surface area contributed by atoms with Crippen molar-refractivity contribution < 1.29 is 4.39 Å². The molecule has 1 aliphatic rings. The van der Waals surface area contributed by atoms with E-state index in [2.05, 4.69) is 27.4 Å². The molecule has 140 valence electrons. The van der Waals surface area contributed by atoms with Crippen LogP contribution < -0.4 is 10.6 Å². The summed E-state index contributed by atoms with van der Waals surface area (Å²) in [7, 11) is 1.77. The average Bonchev–Trinajstić information content (AvgIpc) is 2.63. The second-order valence-corrected chi connectivity index (χ2v) is 7.00. The summed E-state index contributed by atoms with van der Waals surface area (Å²) in [4.78, 5) is 6.81. The van der Waals surface area contributed by atoms with E-state index in [1.54, 1.807) is 13.1 Å². The summed E-state index contributed by atoms with van der Waals surface area (Å²) >= 11 is 0. The number of nitrogens with one attached hydrogen (secondary N) is 2. The molecule has 1 fully saturated rings. The Kier molecular flexibility index (Phi) is 8.73. The van der Waals surface area contributed by atoms with Crippen LogP contribution in [0.1, 0.15) is 38.2 Å². The number of likely N-dealkylation sites (tertiary alicyclic amines) is 1. The van der Waals surface area contributed by atoms with Crippen LogP contribution in [0.5, 0.6) is 0 Å². The van der Waals surface area contributed by atoms with Crippen LogP contribution in [0, 0.1) is 11.7 Å². The Morgan fingerprint density at radius 3 is 2.60 bits per heavy atom. The highest BCUT2D eigenvalue weighted by molar-refractivity contribution is 5.79. The lowest BCUT2D eigenvalue weighted by Crippen LogP contribution is -2.39. The molecule has 0 radical (unpaired) electrons. The van der Waals surface area contributed by atoms with E-state index < -0.39 is 0 Å². The minimum absolute atomic E-state index is 0.139. The Morgan fingerprint density at radius 2 is 1.88 bits per heavy atom. The smallest absolute Gasteiger partial charge is 0.190 e. The first kappa shape index (κ1) is 19.7. The van der Waals surface area contributed by atoms with Gasteiger partial charge in [0.25, 0.3) is 0 Å². The zero-order valence-corrected chi connectivity index (χ0v) is 15.7. The molecule has 5 heteroatoms. The van der Waals surface area contributed by atoms with Gasteiger partial charge >= 0.3 is 0 Å². The number of aliphatic imine (C=N–C) groups is 1. The predicted octanol–water partition coefficient (Wildman–Crippen LogP) is 3.05. The minimum Gasteiger partial charge on any atom is -0.356 e. The summed E-state index contributed by atoms with van der Waals surface area (Å²) in [6.45, 7) is 7.66. The maximum Gasteiger partial charge on any atom is 0.190 e. The molecule has 0 aromatic heterocycles. The highest BCUT2D eigenvalue weighted by Crippen LogP contribution is 2.16. The molecule has 1 saturated heterocycles. The maximum absolute atomic E-state index is 13.6. The zero-order chi connectivity index (χ0) is 17.9. The molecule has 0 unspecified atom stereocenters. The highest BCUT2D eigenvalue weighted by atomic mass is 19.1. The van der Waals surface area contributed by atoms with E-state index in [1.165, 1.54) is 45.0 Å². The first-order valence-electron chi connectivity index (χ1n) is 9.59. The lowest BCUT2D eigenvalue weighted by molar-refractivity contribution is 0.189. The Labute approximate surface area is 151 Å². The summed E-state index contributed by atoms with van der Waals surface area (Å²) in [5.74, 6) is 1.55. The molecule has 0 bridgehead atoms. The fraction of sp³-hybridized carbons (Fsp3) is 0.650. The largest absolute Gasteiger partial charge is 0.356 e. The average molecular weight is 349 g/mol. The van der Waals surface area contributed by atoms with Crippen molar-refractivity contribution >= 4 is 5.96 Å². The van der Waals surface area contributed by atoms with Gasteiger partial charge in [-0.3, -0.25) is 4.99 Å². The third-order valence-corrected chi connectivity index (χ3v) is 4.94. The molecule has 2 N–H and O–H groups in total. The minimum atomic E-state index is -0.139. The normalized spacial score (nSPS) is 16.8. The highest BCUT2D eigenvalue weighted by Gasteiger charge is 2.14. The molecule has 4 nitrogen and oxygen atoms in total. The van der Waals surface area contributed by atoms with E-state index in [1.807, 2.05) is 12.1 Å². The van der Waals surface area contributed by atoms with Crippen LogP contribution in [0.4, 0.5) is 4.39 Å². The predicted molar refractivity (Wildman–Crippen MR) is 104 cm³/mol. The van der Waals surface area contributed by atoms with Gasteiger partial charge in [-0.05, 0) is 69.3 Å². The fourth-order valence-corrected chi connectivity index (χ4v) is 3.19. The Hall–Kier alpha value is -1.62. The molecule has 0 saturated carbocycles. The summed E-state index contributed by atoms with van der Waals surface area (Å²) < 4.78 is 13.6. The lowest BCUT2D eigenvalue weighted by Gasteiger charge is -2.30. The number of rotatable bonds is 8. The number of halogens is 1. The lowest BCUT2D eigenvalue weighted by atomic mass is 9.99. The molecule has 25 heavy (non-hydrogen) atoms. The fourth-order valence-electron chi connectivity index (χ4n) is 3.19. The topological polar surface area (TPSA) is 39.7 Å². The van der Waals surface area contributed by atoms with E-state index in [-0.39, 0.29) is 5.82 Å². The van der Waals surface area contributed by atoms with Crippen molar-refractivity contribution in [1.29, 1.82) is 0 Å². The summed E-state index contributed by atoms with van der Waals surface area (Å²) in [6.07, 6.45) is 5.70. The molecule has 0 amide bonds. The van der Waals surface area contributed by atoms with Crippen molar-refractivity contribution in [2.75, 3.05) is 39.8 Å². The van der Waals surface area contributed by atoms with Gasteiger partial charge in [-0.25, -0.2) is 4.39 Å². The van der Waals surface area contributed by atoms with Crippen LogP contribution in [0.15, 0.2) is 29.3 Å². The second kappa shape index (κ2) is 11.1. The molecule has 0 spiro atoms. The van der Waals surface area contributed by atoms with Gasteiger partial charge in [0.15, 0.2) is 5.96 Å². The van der Waals surface area contributed by atoms with E-state index in [9.17, 15) is 4.39 Å². The van der Waals surface area contributed by atoms with Gasteiger partial charge in [0.05, 0.1) is 0 Å². The van der Waals surface area contributed by atoms with Gasteiger partial charge in [-0.15, -0.1) is 0 Å². The van der Waals surface area contributed by atoms with Gasteiger partial charge in [-0.1, -0.05) is 25.1 Å². The first-order valence-corrected chi connectivity index (χ1v) is 9.59. The van der Waals surface area contributed by atoms with Crippen molar-refractivity contribution in [3.05, 3.63) is 35.6 Å². The third-order valence-electron chi connectivity index (χ3n) is 4.94. The molecule has 1 heterocycles. The molecular weight excluding hydrogens is 315 g/mol. The maximum atomic E-state index is 13.6. The molecule has 1 aliphatic heterocycles. The van der Waals surface area contributed by atoms with Gasteiger partial charge in [-0.2, -0.15) is 0 Å². The summed E-state index contributed by atoms with van der Waals surface area (Å²) in [6, 6.07) is 6.92. The van der Waals surface area contributed by atoms with Crippen LogP contribution in [0.2, 0.25) is 0 Å². The molecule has 1 aromatic rings. The molecular formula is C20H33FN4. The van der Waals surface area contributed by atoms with Gasteiger partial charge in [0.1, 0.15) is 5.82 Å². The zero-order valence-electron chi connectivity index (χ0n) is 15.7. The number of benzene rings is 1. The van der Waals surface area contributed by atoms with Crippen molar-refractivity contribution in [3.63, 3.8) is 0 Å². The van der Waals surface area contributed by atoms with Gasteiger partial charge in [0, 0.05) is 20.1 Å². The van der Waals surface area contributed by atoms with Crippen molar-refractivity contribution in [1.82, 2.24) is 15.5 Å². The van der Waals surface area contributed by atoms with Crippen LogP contribution in [-0.2, 0) is 6.42 Å². The van der Waals surface area contributed by atoms with Crippen molar-refractivity contribution in [3.8, 4) is 0 Å². The van der Waals surface area contributed by atoms with Crippen LogP contribution in [-0.4, -0.2) is 50.6 Å².